The summed E-state index contributed by atoms with van der Waals surface area (Å²) >= 11 is 6.03. The van der Waals surface area contributed by atoms with Crippen LogP contribution < -0.4 is 10.2 Å². The molecule has 1 aromatic heterocycles. The molecule has 0 bridgehead atoms. The highest BCUT2D eigenvalue weighted by Crippen LogP contribution is 2.19. The molecule has 4 nitrogen and oxygen atoms in total. The topological polar surface area (TPSA) is 41.1 Å². The van der Waals surface area contributed by atoms with Crippen LogP contribution in [0.15, 0.2) is 30.3 Å². The maximum Gasteiger partial charge on any atom is 0.134 e. The second-order valence-corrected chi connectivity index (χ2v) is 5.45. The van der Waals surface area contributed by atoms with E-state index < -0.39 is 0 Å². The first-order valence-electron chi connectivity index (χ1n) is 7.13. The number of aromatic nitrogens is 2. The highest BCUT2D eigenvalue weighted by Gasteiger charge is 2.08. The second-order valence-electron chi connectivity index (χ2n) is 5.01. The van der Waals surface area contributed by atoms with Crippen LogP contribution in [0.2, 0.25) is 5.02 Å². The monoisotopic (exact) mass is 304 g/mol. The zero-order chi connectivity index (χ0) is 15.2. The largest absolute Gasteiger partial charge is 0.373 e. The second kappa shape index (κ2) is 7.27. The SMILES string of the molecule is CCCc1nc(NC)cc(N(C)Cc2cccc(Cl)c2)n1. The van der Waals surface area contributed by atoms with Crippen molar-refractivity contribution < 1.29 is 0 Å². The van der Waals surface area contributed by atoms with E-state index >= 15 is 0 Å². The minimum Gasteiger partial charge on any atom is -0.373 e. The lowest BCUT2D eigenvalue weighted by Gasteiger charge is -2.19. The van der Waals surface area contributed by atoms with Crippen molar-refractivity contribution in [2.24, 2.45) is 0 Å². The van der Waals surface area contributed by atoms with Gasteiger partial charge in [-0.25, -0.2) is 9.97 Å². The van der Waals surface area contributed by atoms with Gasteiger partial charge in [0.15, 0.2) is 0 Å². The van der Waals surface area contributed by atoms with Gasteiger partial charge in [0.1, 0.15) is 17.5 Å². The summed E-state index contributed by atoms with van der Waals surface area (Å²) in [5, 5.41) is 3.85. The van der Waals surface area contributed by atoms with Gasteiger partial charge in [-0.2, -0.15) is 0 Å². The molecule has 0 fully saturated rings. The summed E-state index contributed by atoms with van der Waals surface area (Å²) in [7, 11) is 3.90. The zero-order valence-electron chi connectivity index (χ0n) is 12.7. The Labute approximate surface area is 131 Å². The van der Waals surface area contributed by atoms with Gasteiger partial charge in [-0.3, -0.25) is 0 Å². The van der Waals surface area contributed by atoms with Crippen molar-refractivity contribution in [3.8, 4) is 0 Å². The Morgan fingerprint density at radius 3 is 2.71 bits per heavy atom. The van der Waals surface area contributed by atoms with Crippen LogP contribution in [0.3, 0.4) is 0 Å². The van der Waals surface area contributed by atoms with E-state index in [4.69, 9.17) is 11.6 Å². The molecule has 0 aliphatic rings. The summed E-state index contributed by atoms with van der Waals surface area (Å²) in [6.07, 6.45) is 1.91. The van der Waals surface area contributed by atoms with Crippen LogP contribution in [0.4, 0.5) is 11.6 Å². The van der Waals surface area contributed by atoms with Gasteiger partial charge >= 0.3 is 0 Å². The van der Waals surface area contributed by atoms with E-state index in [1.807, 2.05) is 38.4 Å². The van der Waals surface area contributed by atoms with Gasteiger partial charge in [-0.05, 0) is 24.1 Å². The molecule has 0 aliphatic heterocycles. The molecule has 5 heteroatoms. The third-order valence-electron chi connectivity index (χ3n) is 3.19. The summed E-state index contributed by atoms with van der Waals surface area (Å²) in [5.41, 5.74) is 1.16. The lowest BCUT2D eigenvalue weighted by molar-refractivity contribution is 0.813. The maximum absolute atomic E-state index is 6.03. The fourth-order valence-corrected chi connectivity index (χ4v) is 2.35. The first kappa shape index (κ1) is 15.6. The van der Waals surface area contributed by atoms with Crippen LogP contribution in [0.1, 0.15) is 24.7 Å². The van der Waals surface area contributed by atoms with Crippen molar-refractivity contribution in [2.75, 3.05) is 24.3 Å². The lowest BCUT2D eigenvalue weighted by Crippen LogP contribution is -2.19. The van der Waals surface area contributed by atoms with Crippen LogP contribution in [-0.2, 0) is 13.0 Å². The molecule has 1 aromatic carbocycles. The molecule has 21 heavy (non-hydrogen) atoms. The van der Waals surface area contributed by atoms with Crippen molar-refractivity contribution in [1.82, 2.24) is 9.97 Å². The highest BCUT2D eigenvalue weighted by molar-refractivity contribution is 6.30. The first-order valence-corrected chi connectivity index (χ1v) is 7.51. The average Bonchev–Trinajstić information content (AvgIpc) is 2.47. The standard InChI is InChI=1S/C16H21ClN4/c1-4-6-14-19-15(18-2)10-16(20-14)21(3)11-12-7-5-8-13(17)9-12/h5,7-10H,4,6,11H2,1-3H3,(H,18,19,20). The van der Waals surface area contributed by atoms with Crippen LogP contribution in [0.5, 0.6) is 0 Å². The van der Waals surface area contributed by atoms with Gasteiger partial charge in [0.05, 0.1) is 0 Å². The van der Waals surface area contributed by atoms with Crippen molar-refractivity contribution in [3.63, 3.8) is 0 Å². The van der Waals surface area contributed by atoms with Crippen molar-refractivity contribution >= 4 is 23.2 Å². The van der Waals surface area contributed by atoms with Crippen molar-refractivity contribution in [2.45, 2.75) is 26.3 Å². The molecule has 0 spiro atoms. The molecular weight excluding hydrogens is 284 g/mol. The van der Waals surface area contributed by atoms with Gasteiger partial charge in [-0.15, -0.1) is 0 Å². The van der Waals surface area contributed by atoms with Gasteiger partial charge in [-0.1, -0.05) is 30.7 Å². The number of nitrogens with zero attached hydrogens (tertiary/aromatic N) is 3. The third kappa shape index (κ3) is 4.33. The number of halogens is 1. The number of anilines is 2. The van der Waals surface area contributed by atoms with Crippen LogP contribution >= 0.6 is 11.6 Å². The molecule has 0 unspecified atom stereocenters. The molecule has 1 N–H and O–H groups in total. The Hall–Kier alpha value is -1.81. The normalized spacial score (nSPS) is 10.5. The van der Waals surface area contributed by atoms with E-state index in [-0.39, 0.29) is 0 Å². The Morgan fingerprint density at radius 1 is 1.24 bits per heavy atom. The number of hydrogen-bond donors (Lipinski definition) is 1. The van der Waals surface area contributed by atoms with Crippen LogP contribution in [0.25, 0.3) is 0 Å². The lowest BCUT2D eigenvalue weighted by atomic mass is 10.2. The average molecular weight is 305 g/mol. The molecular formula is C16H21ClN4. The van der Waals surface area contributed by atoms with E-state index in [2.05, 4.69) is 33.2 Å². The molecule has 0 radical (unpaired) electrons. The molecule has 112 valence electrons. The number of aryl methyl sites for hydroxylation is 1. The van der Waals surface area contributed by atoms with Crippen LogP contribution in [-0.4, -0.2) is 24.1 Å². The summed E-state index contributed by atoms with van der Waals surface area (Å²) < 4.78 is 0. The predicted octanol–water partition coefficient (Wildman–Crippen LogP) is 3.76. The molecule has 0 saturated heterocycles. The fraction of sp³-hybridized carbons (Fsp3) is 0.375. The third-order valence-corrected chi connectivity index (χ3v) is 3.42. The van der Waals surface area contributed by atoms with Gasteiger partial charge in [0.2, 0.25) is 0 Å². The molecule has 2 aromatic rings. The van der Waals surface area contributed by atoms with E-state index in [1.54, 1.807) is 0 Å². The predicted molar refractivity (Wildman–Crippen MR) is 89.1 cm³/mol. The van der Waals surface area contributed by atoms with Crippen molar-refractivity contribution in [3.05, 3.63) is 46.7 Å². The van der Waals surface area contributed by atoms with E-state index in [1.165, 1.54) is 0 Å². The smallest absolute Gasteiger partial charge is 0.134 e. The summed E-state index contributed by atoms with van der Waals surface area (Å²) in [4.78, 5) is 11.2. The first-order chi connectivity index (χ1) is 10.1. The van der Waals surface area contributed by atoms with E-state index in [0.717, 1.165) is 47.4 Å². The molecule has 0 saturated carbocycles. The highest BCUT2D eigenvalue weighted by atomic mass is 35.5. The fourth-order valence-electron chi connectivity index (χ4n) is 2.13. The van der Waals surface area contributed by atoms with E-state index in [9.17, 15) is 0 Å². The molecule has 0 aliphatic carbocycles. The van der Waals surface area contributed by atoms with Crippen molar-refractivity contribution in [1.29, 1.82) is 0 Å². The van der Waals surface area contributed by atoms with Gasteiger partial charge in [0.25, 0.3) is 0 Å². The Balaban J connectivity index is 2.21. The summed E-state index contributed by atoms with van der Waals surface area (Å²) in [6.45, 7) is 2.89. The number of rotatable bonds is 6. The summed E-state index contributed by atoms with van der Waals surface area (Å²) in [6, 6.07) is 9.85. The minimum atomic E-state index is 0.756. The van der Waals surface area contributed by atoms with E-state index in [0.29, 0.717) is 0 Å². The number of benzene rings is 1. The summed E-state index contributed by atoms with van der Waals surface area (Å²) in [5.74, 6) is 2.64. The van der Waals surface area contributed by atoms with Gasteiger partial charge in [0, 0.05) is 38.1 Å². The molecule has 0 amide bonds. The molecule has 1 heterocycles. The molecule has 0 atom stereocenters. The Bertz CT molecular complexity index is 601. The quantitative estimate of drug-likeness (QED) is 0.882. The zero-order valence-corrected chi connectivity index (χ0v) is 13.5. The number of hydrogen-bond acceptors (Lipinski definition) is 4. The van der Waals surface area contributed by atoms with Crippen LogP contribution in [0, 0.1) is 0 Å². The maximum atomic E-state index is 6.03. The molecule has 2 rings (SSSR count). The number of nitrogens with one attached hydrogen (secondary N) is 1. The Kier molecular flexibility index (Phi) is 5.39. The minimum absolute atomic E-state index is 0.756. The Morgan fingerprint density at radius 2 is 2.05 bits per heavy atom. The van der Waals surface area contributed by atoms with Gasteiger partial charge < -0.3 is 10.2 Å².